The molecule has 154 valence electrons. The van der Waals surface area contributed by atoms with Gasteiger partial charge in [-0.3, -0.25) is 9.59 Å². The molecule has 0 saturated carbocycles. The minimum absolute atomic E-state index is 0.00229. The van der Waals surface area contributed by atoms with Crippen LogP contribution in [-0.4, -0.2) is 42.1 Å². The van der Waals surface area contributed by atoms with Gasteiger partial charge in [0.25, 0.3) is 0 Å². The molecular weight excluding hydrogens is 387 g/mol. The molecular formula is C23H27FN2O2S. The molecule has 0 radical (unpaired) electrons. The molecule has 1 aliphatic heterocycles. The predicted molar refractivity (Wildman–Crippen MR) is 114 cm³/mol. The third-order valence-electron chi connectivity index (χ3n) is 5.25. The number of rotatable bonds is 7. The van der Waals surface area contributed by atoms with Gasteiger partial charge in [-0.2, -0.15) is 0 Å². The lowest BCUT2D eigenvalue weighted by Crippen LogP contribution is -2.44. The Morgan fingerprint density at radius 1 is 1.10 bits per heavy atom. The minimum atomic E-state index is -0.239. The maximum Gasteiger partial charge on any atom is 0.232 e. The van der Waals surface area contributed by atoms with E-state index in [1.54, 1.807) is 30.0 Å². The van der Waals surface area contributed by atoms with E-state index >= 15 is 0 Å². The van der Waals surface area contributed by atoms with Gasteiger partial charge in [0.2, 0.25) is 11.8 Å². The number of piperidine rings is 1. The average Bonchev–Trinajstić information content (AvgIpc) is 2.74. The van der Waals surface area contributed by atoms with Crippen molar-refractivity contribution < 1.29 is 14.0 Å². The summed E-state index contributed by atoms with van der Waals surface area (Å²) in [4.78, 5) is 27.8. The molecule has 1 aliphatic rings. The van der Waals surface area contributed by atoms with E-state index < -0.39 is 0 Å². The Balaban J connectivity index is 1.36. The number of hydrogen-bond acceptors (Lipinski definition) is 3. The Morgan fingerprint density at radius 2 is 1.79 bits per heavy atom. The zero-order valence-corrected chi connectivity index (χ0v) is 17.5. The molecule has 0 aliphatic carbocycles. The van der Waals surface area contributed by atoms with E-state index in [1.165, 1.54) is 11.6 Å². The molecule has 0 spiro atoms. The van der Waals surface area contributed by atoms with Crippen LogP contribution >= 0.6 is 11.8 Å². The molecule has 0 unspecified atom stereocenters. The monoisotopic (exact) mass is 414 g/mol. The van der Waals surface area contributed by atoms with Crippen LogP contribution in [0.5, 0.6) is 0 Å². The Labute approximate surface area is 175 Å². The number of hydrogen-bond donors (Lipinski definition) is 1. The fourth-order valence-corrected chi connectivity index (χ4v) is 4.23. The number of nitrogens with zero attached hydrogens (tertiary/aromatic N) is 1. The Morgan fingerprint density at radius 3 is 2.48 bits per heavy atom. The van der Waals surface area contributed by atoms with Crippen LogP contribution in [-0.2, 0) is 16.0 Å². The van der Waals surface area contributed by atoms with Crippen molar-refractivity contribution in [1.29, 1.82) is 0 Å². The van der Waals surface area contributed by atoms with Crippen LogP contribution in [0.25, 0.3) is 0 Å². The summed E-state index contributed by atoms with van der Waals surface area (Å²) in [5, 5.41) is 2.91. The first kappa shape index (κ1) is 21.4. The zero-order valence-electron chi connectivity index (χ0n) is 16.7. The van der Waals surface area contributed by atoms with Crippen LogP contribution in [0, 0.1) is 18.7 Å². The molecule has 3 rings (SSSR count). The highest BCUT2D eigenvalue weighted by Gasteiger charge is 2.27. The highest BCUT2D eigenvalue weighted by Crippen LogP contribution is 2.22. The Bertz CT molecular complexity index is 833. The van der Waals surface area contributed by atoms with E-state index in [2.05, 4.69) is 5.32 Å². The van der Waals surface area contributed by atoms with Crippen molar-refractivity contribution in [2.75, 3.05) is 25.4 Å². The van der Waals surface area contributed by atoms with E-state index in [9.17, 15) is 14.0 Å². The summed E-state index contributed by atoms with van der Waals surface area (Å²) in [5.74, 6) is 0.223. The standard InChI is InChI=1S/C23H27FN2O2S/c1-17-6-8-20(9-7-17)29-16-22(27)26-14-11-19(12-15-26)23(28)25-13-10-18-4-2-3-5-21(18)24/h2-9,19H,10-16H2,1H3,(H,25,28). The summed E-state index contributed by atoms with van der Waals surface area (Å²) >= 11 is 1.55. The first-order valence-corrected chi connectivity index (χ1v) is 11.0. The molecule has 4 nitrogen and oxygen atoms in total. The second-order valence-electron chi connectivity index (χ2n) is 7.39. The minimum Gasteiger partial charge on any atom is -0.356 e. The highest BCUT2D eigenvalue weighted by molar-refractivity contribution is 8.00. The molecule has 1 fully saturated rings. The van der Waals surface area contributed by atoms with E-state index in [0.29, 0.717) is 50.2 Å². The van der Waals surface area contributed by atoms with Crippen molar-refractivity contribution in [1.82, 2.24) is 10.2 Å². The fraction of sp³-hybridized carbons (Fsp3) is 0.391. The van der Waals surface area contributed by atoms with Crippen molar-refractivity contribution in [3.8, 4) is 0 Å². The number of thioether (sulfide) groups is 1. The van der Waals surface area contributed by atoms with Gasteiger partial charge in [-0.1, -0.05) is 35.9 Å². The van der Waals surface area contributed by atoms with E-state index in [4.69, 9.17) is 0 Å². The highest BCUT2D eigenvalue weighted by atomic mass is 32.2. The molecule has 0 bridgehead atoms. The van der Waals surface area contributed by atoms with Crippen LogP contribution in [0.4, 0.5) is 4.39 Å². The third kappa shape index (κ3) is 6.32. The van der Waals surface area contributed by atoms with Gasteiger partial charge in [-0.25, -0.2) is 4.39 Å². The molecule has 2 aromatic carbocycles. The summed E-state index contributed by atoms with van der Waals surface area (Å²) in [6.45, 7) is 3.68. The SMILES string of the molecule is Cc1ccc(SCC(=O)N2CCC(C(=O)NCCc3ccccc3F)CC2)cc1. The molecule has 2 aromatic rings. The van der Waals surface area contributed by atoms with Crippen LogP contribution in [0.2, 0.25) is 0 Å². The second kappa shape index (κ2) is 10.4. The van der Waals surface area contributed by atoms with E-state index in [1.807, 2.05) is 36.1 Å². The van der Waals surface area contributed by atoms with Gasteiger partial charge in [-0.05, 0) is 49.9 Å². The second-order valence-corrected chi connectivity index (χ2v) is 8.44. The van der Waals surface area contributed by atoms with Gasteiger partial charge < -0.3 is 10.2 Å². The number of carbonyl (C=O) groups excluding carboxylic acids is 2. The normalized spacial score (nSPS) is 14.6. The van der Waals surface area contributed by atoms with Gasteiger partial charge in [0, 0.05) is 30.4 Å². The average molecular weight is 415 g/mol. The number of benzene rings is 2. The van der Waals surface area contributed by atoms with Gasteiger partial charge in [0.1, 0.15) is 5.82 Å². The van der Waals surface area contributed by atoms with E-state index in [0.717, 1.165) is 4.90 Å². The lowest BCUT2D eigenvalue weighted by molar-refractivity contribution is -0.133. The van der Waals surface area contributed by atoms with Crippen molar-refractivity contribution in [3.63, 3.8) is 0 Å². The summed E-state index contributed by atoms with van der Waals surface area (Å²) < 4.78 is 13.6. The topological polar surface area (TPSA) is 49.4 Å². The molecule has 0 aromatic heterocycles. The lowest BCUT2D eigenvalue weighted by atomic mass is 9.96. The first-order chi connectivity index (χ1) is 14.0. The Hall–Kier alpha value is -2.34. The number of likely N-dealkylation sites (tertiary alicyclic amines) is 1. The zero-order chi connectivity index (χ0) is 20.6. The van der Waals surface area contributed by atoms with Crippen molar-refractivity contribution in [3.05, 3.63) is 65.5 Å². The summed E-state index contributed by atoms with van der Waals surface area (Å²) in [6.07, 6.45) is 1.82. The smallest absolute Gasteiger partial charge is 0.232 e. The van der Waals surface area contributed by atoms with Crippen LogP contribution in [0.1, 0.15) is 24.0 Å². The summed E-state index contributed by atoms with van der Waals surface area (Å²) in [7, 11) is 0. The predicted octanol–water partition coefficient (Wildman–Crippen LogP) is 3.82. The van der Waals surface area contributed by atoms with E-state index in [-0.39, 0.29) is 23.5 Å². The number of carbonyl (C=O) groups is 2. The van der Waals surface area contributed by atoms with Crippen LogP contribution in [0.15, 0.2) is 53.4 Å². The van der Waals surface area contributed by atoms with Crippen LogP contribution in [0.3, 0.4) is 0 Å². The van der Waals surface area contributed by atoms with Crippen molar-refractivity contribution in [2.24, 2.45) is 5.92 Å². The molecule has 2 amide bonds. The first-order valence-electron chi connectivity index (χ1n) is 10.0. The number of amides is 2. The van der Waals surface area contributed by atoms with Crippen molar-refractivity contribution >= 4 is 23.6 Å². The molecule has 29 heavy (non-hydrogen) atoms. The molecule has 1 heterocycles. The molecule has 0 atom stereocenters. The maximum absolute atomic E-state index is 13.6. The molecule has 6 heteroatoms. The largest absolute Gasteiger partial charge is 0.356 e. The van der Waals surface area contributed by atoms with Crippen molar-refractivity contribution in [2.45, 2.75) is 31.1 Å². The van der Waals surface area contributed by atoms with Gasteiger partial charge >= 0.3 is 0 Å². The van der Waals surface area contributed by atoms with Gasteiger partial charge in [-0.15, -0.1) is 11.8 Å². The molecule has 1 N–H and O–H groups in total. The van der Waals surface area contributed by atoms with Crippen LogP contribution < -0.4 is 5.32 Å². The fourth-order valence-electron chi connectivity index (χ4n) is 3.43. The van der Waals surface area contributed by atoms with Gasteiger partial charge in [0.05, 0.1) is 5.75 Å². The summed E-state index contributed by atoms with van der Waals surface area (Å²) in [5.41, 5.74) is 1.81. The number of aryl methyl sites for hydroxylation is 1. The summed E-state index contributed by atoms with van der Waals surface area (Å²) in [6, 6.07) is 14.8. The van der Waals surface area contributed by atoms with Gasteiger partial charge in [0.15, 0.2) is 0 Å². The lowest BCUT2D eigenvalue weighted by Gasteiger charge is -2.31. The maximum atomic E-state index is 13.6. The molecule has 1 saturated heterocycles. The Kier molecular flexibility index (Phi) is 7.69. The number of nitrogens with one attached hydrogen (secondary N) is 1. The quantitative estimate of drug-likeness (QED) is 0.701. The number of halogens is 1. The third-order valence-corrected chi connectivity index (χ3v) is 6.25.